The Balaban J connectivity index is 1.84. The van der Waals surface area contributed by atoms with E-state index in [0.29, 0.717) is 12.8 Å². The smallest absolute Gasteiger partial charge is 0.407 e. The summed E-state index contributed by atoms with van der Waals surface area (Å²) in [4.78, 5) is 50.9. The highest BCUT2D eigenvalue weighted by Gasteiger charge is 2.52. The summed E-state index contributed by atoms with van der Waals surface area (Å²) in [5, 5.41) is 21.9. The second kappa shape index (κ2) is 15.4. The van der Waals surface area contributed by atoms with E-state index in [-0.39, 0.29) is 36.9 Å². The van der Waals surface area contributed by atoms with Gasteiger partial charge < -0.3 is 25.8 Å². The number of nitrogens with zero attached hydrogens (tertiary/aromatic N) is 1. The zero-order valence-corrected chi connectivity index (χ0v) is 27.4. The van der Waals surface area contributed by atoms with Gasteiger partial charge in [-0.05, 0) is 34.8 Å². The van der Waals surface area contributed by atoms with Crippen molar-refractivity contribution in [3.63, 3.8) is 0 Å². The lowest BCUT2D eigenvalue weighted by atomic mass is 9.58. The van der Waals surface area contributed by atoms with Gasteiger partial charge in [-0.3, -0.25) is 19.8 Å². The van der Waals surface area contributed by atoms with Crippen molar-refractivity contribution >= 4 is 23.8 Å². The molecule has 1 aliphatic rings. The molecule has 1 fully saturated rings. The number of benzene rings is 2. The second-order valence-corrected chi connectivity index (χ2v) is 13.5. The maximum atomic E-state index is 13.6. The number of methoxy groups -OCH3 is 1. The summed E-state index contributed by atoms with van der Waals surface area (Å²) < 4.78 is 4.75. The molecule has 0 radical (unpaired) electrons. The quantitative estimate of drug-likeness (QED) is 0.216. The molecule has 246 valence electrons. The molecule has 0 aliphatic heterocycles. The van der Waals surface area contributed by atoms with Gasteiger partial charge in [0, 0.05) is 32.0 Å². The topological polar surface area (TPSA) is 149 Å². The van der Waals surface area contributed by atoms with Gasteiger partial charge in [-0.1, -0.05) is 95.3 Å². The number of nitrogens with one attached hydrogen (secondary N) is 4. The van der Waals surface area contributed by atoms with Crippen LogP contribution in [0.4, 0.5) is 4.79 Å². The number of rotatable bonds is 13. The monoisotopic (exact) mass is 623 g/mol. The molecule has 0 unspecified atom stereocenters. The summed E-state index contributed by atoms with van der Waals surface area (Å²) in [6.45, 7) is 11.1. The molecule has 0 saturated heterocycles. The number of aliphatic hydroxyl groups is 1. The molecule has 0 heterocycles. The van der Waals surface area contributed by atoms with Crippen LogP contribution in [0.15, 0.2) is 60.7 Å². The molecule has 11 nitrogen and oxygen atoms in total. The van der Waals surface area contributed by atoms with Gasteiger partial charge in [0.25, 0.3) is 5.91 Å². The van der Waals surface area contributed by atoms with Crippen molar-refractivity contribution in [2.45, 2.75) is 85.2 Å². The van der Waals surface area contributed by atoms with Crippen LogP contribution in [0, 0.1) is 16.7 Å². The lowest BCUT2D eigenvalue weighted by Crippen LogP contribution is -2.64. The fourth-order valence-corrected chi connectivity index (χ4v) is 5.67. The van der Waals surface area contributed by atoms with Gasteiger partial charge in [0.05, 0.1) is 19.3 Å². The molecule has 4 amide bonds. The minimum atomic E-state index is -1.09. The van der Waals surface area contributed by atoms with Crippen LogP contribution in [-0.4, -0.2) is 71.8 Å². The Morgan fingerprint density at radius 3 is 2.07 bits per heavy atom. The van der Waals surface area contributed by atoms with Gasteiger partial charge in [-0.2, -0.15) is 0 Å². The van der Waals surface area contributed by atoms with Crippen LogP contribution in [0.25, 0.3) is 0 Å². The van der Waals surface area contributed by atoms with Gasteiger partial charge >= 0.3 is 6.09 Å². The first-order valence-electron chi connectivity index (χ1n) is 15.3. The number of hydrogen-bond acceptors (Lipinski definition) is 7. The Labute approximate surface area is 266 Å². The highest BCUT2D eigenvalue weighted by atomic mass is 16.5. The number of hydrazine groups is 1. The van der Waals surface area contributed by atoms with Crippen molar-refractivity contribution in [3.8, 4) is 0 Å². The third-order valence-corrected chi connectivity index (χ3v) is 8.52. The van der Waals surface area contributed by atoms with Crippen molar-refractivity contribution in [1.82, 2.24) is 26.4 Å². The van der Waals surface area contributed by atoms with Crippen LogP contribution < -0.4 is 21.4 Å². The maximum absolute atomic E-state index is 13.6. The van der Waals surface area contributed by atoms with Crippen LogP contribution in [0.5, 0.6) is 0 Å². The van der Waals surface area contributed by atoms with Crippen molar-refractivity contribution in [2.24, 2.45) is 16.7 Å². The molecule has 11 heteroatoms. The molecule has 1 saturated carbocycles. The van der Waals surface area contributed by atoms with E-state index in [4.69, 9.17) is 4.74 Å². The van der Waals surface area contributed by atoms with Crippen LogP contribution in [0.3, 0.4) is 0 Å². The minimum absolute atomic E-state index is 0.0178. The van der Waals surface area contributed by atoms with Crippen molar-refractivity contribution in [1.29, 1.82) is 0 Å². The molecule has 3 rings (SSSR count). The molecule has 0 aromatic heterocycles. The van der Waals surface area contributed by atoms with E-state index in [1.807, 2.05) is 95.3 Å². The highest BCUT2D eigenvalue weighted by molar-refractivity contribution is 5.86. The molecule has 5 N–H and O–H groups in total. The van der Waals surface area contributed by atoms with E-state index >= 15 is 0 Å². The number of alkyl carbamates (subject to hydrolysis) is 1. The molecule has 1 aliphatic carbocycles. The van der Waals surface area contributed by atoms with Gasteiger partial charge in [-0.25, -0.2) is 9.80 Å². The average molecular weight is 624 g/mol. The summed E-state index contributed by atoms with van der Waals surface area (Å²) in [5.74, 6) is -1.16. The number of carbonyl (C=O) groups is 4. The van der Waals surface area contributed by atoms with Crippen LogP contribution in [0.2, 0.25) is 0 Å². The minimum Gasteiger partial charge on any atom is -0.453 e. The largest absolute Gasteiger partial charge is 0.453 e. The fraction of sp³-hybridized carbons (Fsp3) is 0.529. The van der Waals surface area contributed by atoms with Crippen molar-refractivity contribution in [3.05, 3.63) is 71.8 Å². The second-order valence-electron chi connectivity index (χ2n) is 13.5. The standard InChI is InChI=1S/C34H49N5O6/c1-22(40)35-28-19-25(34(28,5)6)30(42)36-26(18-23-14-10-8-11-15-23)27(41)21-39(20-24-16-12-9-13-17-24)38-31(43)29(33(2,3)4)37-32(44)45-7/h8-17,25-29,41H,18-21H2,1-7H3,(H,35,40)(H,36,42)(H,37,44)(H,38,43)/t25-,26+,27+,28-,29-/m1/s1. The van der Waals surface area contributed by atoms with Crippen LogP contribution in [0.1, 0.15) is 59.1 Å². The molecule has 5 atom stereocenters. The van der Waals surface area contributed by atoms with E-state index in [0.717, 1.165) is 11.1 Å². The first-order chi connectivity index (χ1) is 21.1. The van der Waals surface area contributed by atoms with Crippen molar-refractivity contribution in [2.75, 3.05) is 13.7 Å². The molecule has 45 heavy (non-hydrogen) atoms. The molecular formula is C34H49N5O6. The van der Waals surface area contributed by atoms with Crippen molar-refractivity contribution < 1.29 is 29.0 Å². The summed E-state index contributed by atoms with van der Waals surface area (Å²) in [5.41, 5.74) is 3.61. The zero-order chi connectivity index (χ0) is 33.4. The summed E-state index contributed by atoms with van der Waals surface area (Å²) in [7, 11) is 1.23. The summed E-state index contributed by atoms with van der Waals surface area (Å²) >= 11 is 0. The predicted molar refractivity (Wildman–Crippen MR) is 171 cm³/mol. The summed E-state index contributed by atoms with van der Waals surface area (Å²) in [6, 6.07) is 17.3. The molecule has 2 aromatic rings. The van der Waals surface area contributed by atoms with Gasteiger partial charge in [0.2, 0.25) is 11.8 Å². The number of aliphatic hydroxyl groups excluding tert-OH is 1. The van der Waals surface area contributed by atoms with E-state index in [9.17, 15) is 24.3 Å². The number of hydrogen-bond donors (Lipinski definition) is 5. The van der Waals surface area contributed by atoms with Crippen LogP contribution in [-0.2, 0) is 32.1 Å². The van der Waals surface area contributed by atoms with Gasteiger partial charge in [0.15, 0.2) is 0 Å². The molecule has 2 aromatic carbocycles. The molecular weight excluding hydrogens is 574 g/mol. The van der Waals surface area contributed by atoms with Gasteiger partial charge in [-0.15, -0.1) is 0 Å². The normalized spacial score (nSPS) is 19.3. The fourth-order valence-electron chi connectivity index (χ4n) is 5.67. The molecule has 0 spiro atoms. The Hall–Kier alpha value is -3.96. The highest BCUT2D eigenvalue weighted by Crippen LogP contribution is 2.46. The average Bonchev–Trinajstić information content (AvgIpc) is 2.97. The lowest BCUT2D eigenvalue weighted by molar-refractivity contribution is -0.142. The Bertz CT molecular complexity index is 1300. The van der Waals surface area contributed by atoms with E-state index in [2.05, 4.69) is 21.4 Å². The third-order valence-electron chi connectivity index (χ3n) is 8.52. The van der Waals surface area contributed by atoms with E-state index < -0.39 is 41.0 Å². The number of amides is 4. The summed E-state index contributed by atoms with van der Waals surface area (Å²) in [6.07, 6.45) is -0.957. The predicted octanol–water partition coefficient (Wildman–Crippen LogP) is 2.93. The Kier molecular flexibility index (Phi) is 12.1. The lowest BCUT2D eigenvalue weighted by Gasteiger charge is -2.51. The third kappa shape index (κ3) is 10.0. The first kappa shape index (κ1) is 35.5. The Morgan fingerprint density at radius 1 is 0.978 bits per heavy atom. The SMILES string of the molecule is COC(=O)N[C@H](C(=O)NN(Cc1ccccc1)C[C@H](O)[C@H](Cc1ccccc1)NC(=O)[C@H]1C[C@@H](NC(C)=O)C1(C)C)C(C)(C)C. The first-order valence-corrected chi connectivity index (χ1v) is 15.3. The Morgan fingerprint density at radius 2 is 1.56 bits per heavy atom. The zero-order valence-electron chi connectivity index (χ0n) is 27.4. The molecule has 0 bridgehead atoms. The number of ether oxygens (including phenoxy) is 1. The van der Waals surface area contributed by atoms with E-state index in [1.54, 1.807) is 5.01 Å². The number of carbonyl (C=O) groups excluding carboxylic acids is 4. The van der Waals surface area contributed by atoms with Gasteiger partial charge in [0.1, 0.15) is 6.04 Å². The van der Waals surface area contributed by atoms with E-state index in [1.165, 1.54) is 14.0 Å². The maximum Gasteiger partial charge on any atom is 0.407 e. The van der Waals surface area contributed by atoms with Crippen LogP contribution >= 0.6 is 0 Å².